The van der Waals surface area contributed by atoms with E-state index < -0.39 is 11.4 Å². The number of rotatable bonds is 8. The highest BCUT2D eigenvalue weighted by Crippen LogP contribution is 2.33. The topological polar surface area (TPSA) is 86.6 Å². The molecule has 0 spiro atoms. The summed E-state index contributed by atoms with van der Waals surface area (Å²) >= 11 is 6.42. The number of fused-ring (bicyclic) bond motifs is 2. The first-order chi connectivity index (χ1) is 19.4. The second-order valence-corrected chi connectivity index (χ2v) is 9.50. The van der Waals surface area contributed by atoms with Gasteiger partial charge in [0.2, 0.25) is 11.3 Å². The Hall–Kier alpha value is -4.62. The molecule has 0 aliphatic heterocycles. The maximum atomic E-state index is 13.7. The van der Waals surface area contributed by atoms with Gasteiger partial charge in [0.25, 0.3) is 0 Å². The minimum atomic E-state index is -0.693. The normalized spacial score (nSPS) is 11.0. The third kappa shape index (κ3) is 5.42. The molecule has 7 nitrogen and oxygen atoms in total. The Morgan fingerprint density at radius 3 is 2.42 bits per heavy atom. The predicted molar refractivity (Wildman–Crippen MR) is 158 cm³/mol. The largest absolute Gasteiger partial charge is 0.462 e. The molecule has 1 amide bonds. The monoisotopic (exact) mass is 554 g/mol. The van der Waals surface area contributed by atoms with E-state index in [9.17, 15) is 14.4 Å². The van der Waals surface area contributed by atoms with Crippen LogP contribution in [0.1, 0.15) is 35.3 Å². The molecule has 1 aromatic heterocycles. The van der Waals surface area contributed by atoms with Crippen LogP contribution in [0.15, 0.2) is 89.9 Å². The molecule has 0 atom stereocenters. The average Bonchev–Trinajstić information content (AvgIpc) is 2.95. The Kier molecular flexibility index (Phi) is 7.84. The number of nitrogens with one attached hydrogen (secondary N) is 1. The molecule has 0 aliphatic rings. The summed E-state index contributed by atoms with van der Waals surface area (Å²) in [6.07, 6.45) is 1.56. The van der Waals surface area contributed by atoms with E-state index in [-0.39, 0.29) is 24.0 Å². The minimum absolute atomic E-state index is 0.0214. The number of alkyl halides is 1. The molecule has 0 fully saturated rings. The fourth-order valence-corrected chi connectivity index (χ4v) is 5.06. The number of esters is 1. The van der Waals surface area contributed by atoms with Crippen molar-refractivity contribution in [2.24, 2.45) is 0 Å². The molecule has 0 radical (unpaired) electrons. The van der Waals surface area contributed by atoms with Crippen molar-refractivity contribution in [1.29, 1.82) is 0 Å². The molecule has 0 saturated carbocycles. The molecular weight excluding hydrogens is 528 g/mol. The summed E-state index contributed by atoms with van der Waals surface area (Å²) in [5.41, 5.74) is 2.21. The van der Waals surface area contributed by atoms with Gasteiger partial charge in [0, 0.05) is 30.9 Å². The number of halogens is 1. The zero-order valence-electron chi connectivity index (χ0n) is 22.1. The summed E-state index contributed by atoms with van der Waals surface area (Å²) in [5.74, 6) is 0.000204. The molecule has 0 aliphatic carbocycles. The molecule has 0 saturated heterocycles. The number of carbonyl (C=O) groups is 2. The van der Waals surface area contributed by atoms with Crippen molar-refractivity contribution in [1.82, 2.24) is 4.57 Å². The molecule has 1 heterocycles. The van der Waals surface area contributed by atoms with E-state index >= 15 is 0 Å². The SMILES string of the molecule is CCOC(=O)c1cn(Cc2cccc3ccccc23)c2ccc(Oc3ccc(NC(C)=O)cc3)c(CCl)c2c1=O. The first-order valence-electron chi connectivity index (χ1n) is 12.8. The van der Waals surface area contributed by atoms with E-state index in [0.717, 1.165) is 16.3 Å². The van der Waals surface area contributed by atoms with Crippen molar-refractivity contribution in [3.63, 3.8) is 0 Å². The number of hydrogen-bond acceptors (Lipinski definition) is 5. The highest BCUT2D eigenvalue weighted by molar-refractivity contribution is 6.18. The molecule has 40 heavy (non-hydrogen) atoms. The van der Waals surface area contributed by atoms with Crippen LogP contribution in [0.3, 0.4) is 0 Å². The molecule has 5 aromatic rings. The number of anilines is 1. The zero-order chi connectivity index (χ0) is 28.2. The summed E-state index contributed by atoms with van der Waals surface area (Å²) in [4.78, 5) is 37.9. The Labute approximate surface area is 235 Å². The lowest BCUT2D eigenvalue weighted by Gasteiger charge is -2.18. The molecule has 0 unspecified atom stereocenters. The molecule has 202 valence electrons. The minimum Gasteiger partial charge on any atom is -0.462 e. The van der Waals surface area contributed by atoms with Gasteiger partial charge < -0.3 is 19.4 Å². The van der Waals surface area contributed by atoms with Crippen LogP contribution in [0.4, 0.5) is 5.69 Å². The predicted octanol–water partition coefficient (Wildman–Crippen LogP) is 6.87. The molecule has 8 heteroatoms. The Morgan fingerprint density at radius 2 is 1.70 bits per heavy atom. The quantitative estimate of drug-likeness (QED) is 0.167. The lowest BCUT2D eigenvalue weighted by Crippen LogP contribution is -2.22. The summed E-state index contributed by atoms with van der Waals surface area (Å²) in [6, 6.07) is 24.6. The van der Waals surface area contributed by atoms with Gasteiger partial charge in [-0.1, -0.05) is 42.5 Å². The smallest absolute Gasteiger partial charge is 0.343 e. The summed E-state index contributed by atoms with van der Waals surface area (Å²) in [7, 11) is 0. The third-order valence-corrected chi connectivity index (χ3v) is 6.83. The third-order valence-electron chi connectivity index (χ3n) is 6.57. The van der Waals surface area contributed by atoms with Crippen molar-refractivity contribution < 1.29 is 19.1 Å². The van der Waals surface area contributed by atoms with Crippen LogP contribution in [0.2, 0.25) is 0 Å². The standard InChI is InChI=1S/C32H27ClN2O5/c1-3-39-32(38)27-19-35(18-22-9-6-8-21-7-4-5-10-25(21)22)28-15-16-29(26(17-33)30(28)31(27)37)40-24-13-11-23(12-14-24)34-20(2)36/h4-16,19H,3,17-18H2,1-2H3,(H,34,36). The average molecular weight is 555 g/mol. The van der Waals surface area contributed by atoms with Crippen molar-refractivity contribution in [3.05, 3.63) is 112 Å². The van der Waals surface area contributed by atoms with Crippen LogP contribution in [0.25, 0.3) is 21.7 Å². The van der Waals surface area contributed by atoms with E-state index in [1.54, 1.807) is 49.5 Å². The first kappa shape index (κ1) is 27.0. The van der Waals surface area contributed by atoms with Crippen molar-refractivity contribution in [2.45, 2.75) is 26.3 Å². The number of pyridine rings is 1. The van der Waals surface area contributed by atoms with Crippen molar-refractivity contribution >= 4 is 50.8 Å². The van der Waals surface area contributed by atoms with E-state index in [1.165, 1.54) is 6.92 Å². The summed E-state index contributed by atoms with van der Waals surface area (Å²) < 4.78 is 13.2. The lowest BCUT2D eigenvalue weighted by atomic mass is 10.0. The molecule has 4 aromatic carbocycles. The van der Waals surface area contributed by atoms with Gasteiger partial charge in [0.05, 0.1) is 23.4 Å². The number of carbonyl (C=O) groups excluding carboxylic acids is 2. The number of nitrogens with zero attached hydrogens (tertiary/aromatic N) is 1. The maximum absolute atomic E-state index is 13.7. The van der Waals surface area contributed by atoms with Crippen molar-refractivity contribution in [3.8, 4) is 11.5 Å². The van der Waals surface area contributed by atoms with Crippen LogP contribution < -0.4 is 15.5 Å². The maximum Gasteiger partial charge on any atom is 0.343 e. The van der Waals surface area contributed by atoms with Crippen LogP contribution >= 0.6 is 11.6 Å². The van der Waals surface area contributed by atoms with E-state index in [0.29, 0.717) is 40.2 Å². The molecular formula is C32H27ClN2O5. The van der Waals surface area contributed by atoms with Crippen LogP contribution in [0.5, 0.6) is 11.5 Å². The van der Waals surface area contributed by atoms with Gasteiger partial charge in [0.15, 0.2) is 0 Å². The van der Waals surface area contributed by atoms with Gasteiger partial charge in [0.1, 0.15) is 17.1 Å². The Bertz CT molecular complexity index is 1790. The van der Waals surface area contributed by atoms with E-state index in [1.807, 2.05) is 41.0 Å². The Balaban J connectivity index is 1.65. The second-order valence-electron chi connectivity index (χ2n) is 9.24. The highest BCUT2D eigenvalue weighted by Gasteiger charge is 2.21. The fourth-order valence-electron chi connectivity index (χ4n) is 4.79. The number of benzene rings is 4. The molecule has 5 rings (SSSR count). The van der Waals surface area contributed by atoms with E-state index in [4.69, 9.17) is 21.1 Å². The van der Waals surface area contributed by atoms with E-state index in [2.05, 4.69) is 11.4 Å². The van der Waals surface area contributed by atoms with Crippen LogP contribution in [0, 0.1) is 0 Å². The summed E-state index contributed by atoms with van der Waals surface area (Å²) in [6.45, 7) is 3.68. The van der Waals surface area contributed by atoms with Crippen LogP contribution in [-0.2, 0) is 22.0 Å². The number of aromatic nitrogens is 1. The summed E-state index contributed by atoms with van der Waals surface area (Å²) in [5, 5.41) is 5.18. The second kappa shape index (κ2) is 11.6. The zero-order valence-corrected chi connectivity index (χ0v) is 22.8. The number of amides is 1. The fraction of sp³-hybridized carbons (Fsp3) is 0.156. The Morgan fingerprint density at radius 1 is 0.950 bits per heavy atom. The number of ether oxygens (including phenoxy) is 2. The molecule has 0 bridgehead atoms. The van der Waals surface area contributed by atoms with Gasteiger partial charge in [-0.25, -0.2) is 4.79 Å². The first-order valence-corrected chi connectivity index (χ1v) is 13.4. The molecule has 1 N–H and O–H groups in total. The van der Waals surface area contributed by atoms with Crippen molar-refractivity contribution in [2.75, 3.05) is 11.9 Å². The lowest BCUT2D eigenvalue weighted by molar-refractivity contribution is -0.114. The number of hydrogen-bond donors (Lipinski definition) is 1. The highest BCUT2D eigenvalue weighted by atomic mass is 35.5. The van der Waals surface area contributed by atoms with Gasteiger partial charge in [-0.15, -0.1) is 11.6 Å². The van der Waals surface area contributed by atoms with Crippen LogP contribution in [-0.4, -0.2) is 23.1 Å². The van der Waals surface area contributed by atoms with Gasteiger partial charge in [-0.2, -0.15) is 0 Å². The van der Waals surface area contributed by atoms with Gasteiger partial charge in [-0.05, 0) is 59.7 Å². The van der Waals surface area contributed by atoms with Gasteiger partial charge in [-0.3, -0.25) is 9.59 Å². The van der Waals surface area contributed by atoms with Gasteiger partial charge >= 0.3 is 5.97 Å².